The van der Waals surface area contributed by atoms with Gasteiger partial charge in [0, 0.05) is 0 Å². The summed E-state index contributed by atoms with van der Waals surface area (Å²) in [5.74, 6) is 0. The Labute approximate surface area is 136 Å². The summed E-state index contributed by atoms with van der Waals surface area (Å²) in [6.45, 7) is 0. The van der Waals surface area contributed by atoms with Crippen LogP contribution in [0.3, 0.4) is 0 Å². The second-order valence-corrected chi connectivity index (χ2v) is 5.88. The summed E-state index contributed by atoms with van der Waals surface area (Å²) < 4.78 is 2.15. The van der Waals surface area contributed by atoms with E-state index in [-0.39, 0.29) is 6.04 Å². The Balaban J connectivity index is 1.93. The zero-order chi connectivity index (χ0) is 15.9. The highest BCUT2D eigenvalue weighted by Gasteiger charge is 2.20. The van der Waals surface area contributed by atoms with Gasteiger partial charge in [0.25, 0.3) is 0 Å². The van der Waals surface area contributed by atoms with E-state index in [1.165, 1.54) is 0 Å². The molecule has 0 amide bonds. The van der Waals surface area contributed by atoms with Crippen LogP contribution in [0.5, 0.6) is 0 Å². The topological polar surface area (TPSA) is 50.4 Å². The van der Waals surface area contributed by atoms with E-state index in [4.69, 9.17) is 0 Å². The third kappa shape index (κ3) is 3.70. The van der Waals surface area contributed by atoms with E-state index in [2.05, 4.69) is 45.1 Å². The number of hydrogen-bond donors (Lipinski definition) is 1. The molecule has 0 fully saturated rings. The molecule has 0 aliphatic heterocycles. The van der Waals surface area contributed by atoms with Crippen LogP contribution in [0.4, 0.5) is 0 Å². The van der Waals surface area contributed by atoms with Crippen molar-refractivity contribution in [1.82, 2.24) is 9.55 Å². The molecule has 1 atom stereocenters. The van der Waals surface area contributed by atoms with E-state index in [1.807, 2.05) is 24.5 Å². The van der Waals surface area contributed by atoms with Gasteiger partial charge >= 0.3 is 0 Å². The van der Waals surface area contributed by atoms with Gasteiger partial charge in [0.05, 0.1) is 29.1 Å². The molecule has 1 aromatic heterocycles. The van der Waals surface area contributed by atoms with Gasteiger partial charge in [-0.05, 0) is 50.7 Å². The lowest BCUT2D eigenvalue weighted by Crippen LogP contribution is -2.19. The Morgan fingerprint density at radius 3 is 2.57 bits per heavy atom. The van der Waals surface area contributed by atoms with Crippen molar-refractivity contribution in [2.24, 2.45) is 5.16 Å². The van der Waals surface area contributed by atoms with Crippen molar-refractivity contribution in [3.63, 3.8) is 0 Å². The molecule has 4 heteroatoms. The normalized spacial score (nSPS) is 24.9. The number of para-hydroxylation sites is 2. The Morgan fingerprint density at radius 1 is 1.00 bits per heavy atom. The SMILES string of the molecule is O/N=C1/CC/C=C/CC/C=C/CCC1n1cnc2ccccc21. The lowest BCUT2D eigenvalue weighted by atomic mass is 10.00. The van der Waals surface area contributed by atoms with Crippen molar-refractivity contribution < 1.29 is 5.21 Å². The van der Waals surface area contributed by atoms with Gasteiger partial charge < -0.3 is 9.77 Å². The molecule has 1 aliphatic rings. The summed E-state index contributed by atoms with van der Waals surface area (Å²) in [5.41, 5.74) is 2.89. The molecule has 0 radical (unpaired) electrons. The number of allylic oxidation sites excluding steroid dienone is 4. The van der Waals surface area contributed by atoms with Crippen LogP contribution in [0.25, 0.3) is 11.0 Å². The Morgan fingerprint density at radius 2 is 1.74 bits per heavy atom. The number of fused-ring (bicyclic) bond motifs is 1. The average Bonchev–Trinajstić information content (AvgIpc) is 2.99. The van der Waals surface area contributed by atoms with Crippen LogP contribution in [-0.2, 0) is 0 Å². The third-order valence-electron chi connectivity index (χ3n) is 4.34. The van der Waals surface area contributed by atoms with Crippen LogP contribution in [0.15, 0.2) is 60.1 Å². The first kappa shape index (κ1) is 15.5. The number of hydrogen-bond acceptors (Lipinski definition) is 3. The fourth-order valence-corrected chi connectivity index (χ4v) is 3.13. The predicted molar refractivity (Wildman–Crippen MR) is 94.0 cm³/mol. The number of benzene rings is 1. The van der Waals surface area contributed by atoms with Crippen LogP contribution in [0, 0.1) is 0 Å². The van der Waals surface area contributed by atoms with Crippen LogP contribution < -0.4 is 0 Å². The smallest absolute Gasteiger partial charge is 0.0964 e. The zero-order valence-corrected chi connectivity index (χ0v) is 13.3. The largest absolute Gasteiger partial charge is 0.411 e. The van der Waals surface area contributed by atoms with Gasteiger partial charge in [0.2, 0.25) is 0 Å². The molecule has 3 rings (SSSR count). The van der Waals surface area contributed by atoms with Gasteiger partial charge in [-0.25, -0.2) is 4.98 Å². The van der Waals surface area contributed by atoms with Gasteiger partial charge in [0.15, 0.2) is 0 Å². The fraction of sp³-hybridized carbons (Fsp3) is 0.368. The molecule has 0 spiro atoms. The van der Waals surface area contributed by atoms with E-state index in [0.29, 0.717) is 0 Å². The minimum atomic E-state index is 0.0462. The molecule has 1 unspecified atom stereocenters. The van der Waals surface area contributed by atoms with E-state index in [9.17, 15) is 5.21 Å². The Kier molecular flexibility index (Phi) is 5.25. The van der Waals surface area contributed by atoms with Gasteiger partial charge in [-0.15, -0.1) is 0 Å². The molecular weight excluding hydrogens is 286 g/mol. The summed E-state index contributed by atoms with van der Waals surface area (Å²) in [4.78, 5) is 4.49. The molecular formula is C19H23N3O. The van der Waals surface area contributed by atoms with E-state index in [1.54, 1.807) is 0 Å². The molecule has 1 N–H and O–H groups in total. The fourth-order valence-electron chi connectivity index (χ4n) is 3.13. The predicted octanol–water partition coefficient (Wildman–Crippen LogP) is 4.87. The number of imidazole rings is 1. The van der Waals surface area contributed by atoms with E-state index >= 15 is 0 Å². The molecule has 1 heterocycles. The van der Waals surface area contributed by atoms with Crippen molar-refractivity contribution in [3.8, 4) is 0 Å². The molecule has 23 heavy (non-hydrogen) atoms. The van der Waals surface area contributed by atoms with Gasteiger partial charge in [-0.3, -0.25) is 0 Å². The minimum Gasteiger partial charge on any atom is -0.411 e. The number of oxime groups is 1. The highest BCUT2D eigenvalue weighted by atomic mass is 16.4. The van der Waals surface area contributed by atoms with Crippen molar-refractivity contribution in [3.05, 3.63) is 54.9 Å². The van der Waals surface area contributed by atoms with E-state index < -0.39 is 0 Å². The van der Waals surface area contributed by atoms with Crippen LogP contribution in [0.2, 0.25) is 0 Å². The van der Waals surface area contributed by atoms with Gasteiger partial charge in [-0.2, -0.15) is 0 Å². The molecule has 0 saturated heterocycles. The van der Waals surface area contributed by atoms with Gasteiger partial charge in [-0.1, -0.05) is 41.6 Å². The maximum atomic E-state index is 9.55. The molecule has 1 aliphatic carbocycles. The highest BCUT2D eigenvalue weighted by Crippen LogP contribution is 2.25. The van der Waals surface area contributed by atoms with Crippen molar-refractivity contribution in [2.45, 2.75) is 44.6 Å². The molecule has 2 aromatic rings. The highest BCUT2D eigenvalue weighted by molar-refractivity contribution is 5.89. The third-order valence-corrected chi connectivity index (χ3v) is 4.34. The standard InChI is InChI=1S/C19H23N3O/c23-21-17-12-7-5-3-1-2-4-6-8-13-19(17)22-15-20-16-11-9-10-14-18(16)22/h3-6,9-11,14-15,19,23H,1-2,7-8,12-13H2/b5-3+,6-4+,21-17-. The zero-order valence-electron chi connectivity index (χ0n) is 13.3. The first-order chi connectivity index (χ1) is 11.4. The second-order valence-electron chi connectivity index (χ2n) is 5.88. The maximum absolute atomic E-state index is 9.55. The summed E-state index contributed by atoms with van der Waals surface area (Å²) in [6, 6.07) is 8.15. The first-order valence-electron chi connectivity index (χ1n) is 8.32. The van der Waals surface area contributed by atoms with Gasteiger partial charge in [0.1, 0.15) is 0 Å². The average molecular weight is 309 g/mol. The van der Waals surface area contributed by atoms with E-state index in [0.717, 1.165) is 55.3 Å². The van der Waals surface area contributed by atoms with Crippen LogP contribution in [0.1, 0.15) is 44.6 Å². The molecule has 120 valence electrons. The maximum Gasteiger partial charge on any atom is 0.0964 e. The second kappa shape index (κ2) is 7.77. The van der Waals surface area contributed by atoms with Crippen molar-refractivity contribution in [1.29, 1.82) is 0 Å². The molecule has 1 aromatic carbocycles. The Bertz CT molecular complexity index is 727. The lowest BCUT2D eigenvalue weighted by Gasteiger charge is -2.20. The van der Waals surface area contributed by atoms with Crippen molar-refractivity contribution in [2.75, 3.05) is 0 Å². The molecule has 4 nitrogen and oxygen atoms in total. The minimum absolute atomic E-state index is 0.0462. The summed E-state index contributed by atoms with van der Waals surface area (Å²) in [6.07, 6.45) is 16.5. The summed E-state index contributed by atoms with van der Waals surface area (Å²) in [5, 5.41) is 13.2. The lowest BCUT2D eigenvalue weighted by molar-refractivity contribution is 0.312. The molecule has 0 saturated carbocycles. The monoisotopic (exact) mass is 309 g/mol. The number of nitrogens with zero attached hydrogens (tertiary/aromatic N) is 3. The quantitative estimate of drug-likeness (QED) is 0.464. The van der Waals surface area contributed by atoms with Crippen molar-refractivity contribution >= 4 is 16.7 Å². The summed E-state index contributed by atoms with van der Waals surface area (Å²) in [7, 11) is 0. The number of rotatable bonds is 1. The first-order valence-corrected chi connectivity index (χ1v) is 8.32. The number of aromatic nitrogens is 2. The Hall–Kier alpha value is -2.36. The molecule has 0 bridgehead atoms. The van der Waals surface area contributed by atoms with Crippen LogP contribution >= 0.6 is 0 Å². The summed E-state index contributed by atoms with van der Waals surface area (Å²) >= 11 is 0. The van der Waals surface area contributed by atoms with Crippen LogP contribution in [-0.4, -0.2) is 20.5 Å².